The fourth-order valence-electron chi connectivity index (χ4n) is 4.37. The molecule has 140 valence electrons. The maximum atomic E-state index is 13.2. The van der Waals surface area contributed by atoms with Crippen LogP contribution in [0.15, 0.2) is 60.7 Å². The summed E-state index contributed by atoms with van der Waals surface area (Å²) in [7, 11) is 0. The van der Waals surface area contributed by atoms with Gasteiger partial charge in [-0.3, -0.25) is 9.59 Å². The summed E-state index contributed by atoms with van der Waals surface area (Å²) in [6.45, 7) is 0.688. The summed E-state index contributed by atoms with van der Waals surface area (Å²) in [5.74, 6) is 0.720. The van der Waals surface area contributed by atoms with Crippen LogP contribution in [0, 0.1) is 5.92 Å². The highest BCUT2D eigenvalue weighted by Crippen LogP contribution is 2.34. The molecule has 1 heterocycles. The highest BCUT2D eigenvalue weighted by Gasteiger charge is 2.33. The van der Waals surface area contributed by atoms with Crippen molar-refractivity contribution in [3.05, 3.63) is 71.8 Å². The minimum absolute atomic E-state index is 0.290. The standard InChI is InChI=1S/C24H21NO3/c26-23-20-12-3-8-17-9-4-13-21(22(17)20)24(27)25(23)18-10-5-11-19(14-18)28-15-16-6-1-2-7-16/h3-5,8-14,16H,1-2,6-7,15H2. The van der Waals surface area contributed by atoms with E-state index in [0.717, 1.165) is 10.8 Å². The molecule has 1 fully saturated rings. The van der Waals surface area contributed by atoms with Gasteiger partial charge in [-0.1, -0.05) is 43.2 Å². The zero-order valence-corrected chi connectivity index (χ0v) is 15.6. The molecule has 0 aromatic heterocycles. The fraction of sp³-hybridized carbons (Fsp3) is 0.250. The molecule has 0 bridgehead atoms. The topological polar surface area (TPSA) is 46.6 Å². The second-order valence-corrected chi connectivity index (χ2v) is 7.61. The van der Waals surface area contributed by atoms with Gasteiger partial charge in [-0.25, -0.2) is 4.90 Å². The number of carbonyl (C=O) groups is 2. The van der Waals surface area contributed by atoms with Gasteiger partial charge in [0.1, 0.15) is 5.75 Å². The Morgan fingerprint density at radius 1 is 0.857 bits per heavy atom. The summed E-state index contributed by atoms with van der Waals surface area (Å²) in [4.78, 5) is 27.6. The van der Waals surface area contributed by atoms with E-state index in [1.54, 1.807) is 24.3 Å². The Morgan fingerprint density at radius 2 is 1.50 bits per heavy atom. The third kappa shape index (κ3) is 2.76. The van der Waals surface area contributed by atoms with Crippen molar-refractivity contribution in [3.63, 3.8) is 0 Å². The Labute approximate surface area is 163 Å². The molecule has 2 aliphatic rings. The van der Waals surface area contributed by atoms with Gasteiger partial charge in [0, 0.05) is 22.6 Å². The number of nitrogens with zero attached hydrogens (tertiary/aromatic N) is 1. The lowest BCUT2D eigenvalue weighted by molar-refractivity contribution is 0.0893. The second-order valence-electron chi connectivity index (χ2n) is 7.61. The van der Waals surface area contributed by atoms with Crippen molar-refractivity contribution in [1.82, 2.24) is 0 Å². The zero-order valence-electron chi connectivity index (χ0n) is 15.6. The molecule has 0 unspecified atom stereocenters. The zero-order chi connectivity index (χ0) is 19.1. The van der Waals surface area contributed by atoms with E-state index in [4.69, 9.17) is 4.74 Å². The molecule has 3 aromatic rings. The summed E-state index contributed by atoms with van der Waals surface area (Å²) in [5, 5.41) is 1.65. The molecule has 4 heteroatoms. The lowest BCUT2D eigenvalue weighted by Crippen LogP contribution is -2.40. The van der Waals surface area contributed by atoms with Gasteiger partial charge >= 0.3 is 0 Å². The van der Waals surface area contributed by atoms with E-state index in [2.05, 4.69) is 0 Å². The van der Waals surface area contributed by atoms with Crippen molar-refractivity contribution in [2.45, 2.75) is 25.7 Å². The molecule has 5 rings (SSSR count). The summed E-state index contributed by atoms with van der Waals surface area (Å²) in [5.41, 5.74) is 1.67. The smallest absolute Gasteiger partial charge is 0.265 e. The van der Waals surface area contributed by atoms with Crippen molar-refractivity contribution < 1.29 is 14.3 Å². The third-order valence-corrected chi connectivity index (χ3v) is 5.81. The average Bonchev–Trinajstić information content (AvgIpc) is 3.24. The van der Waals surface area contributed by atoms with E-state index < -0.39 is 0 Å². The molecule has 1 aliphatic carbocycles. The summed E-state index contributed by atoms with van der Waals surface area (Å²) in [6.07, 6.45) is 4.97. The first-order valence-corrected chi connectivity index (χ1v) is 9.86. The van der Waals surface area contributed by atoms with Gasteiger partial charge in [0.05, 0.1) is 12.3 Å². The first-order valence-electron chi connectivity index (χ1n) is 9.86. The predicted octanol–water partition coefficient (Wildman–Crippen LogP) is 5.21. The van der Waals surface area contributed by atoms with E-state index in [1.807, 2.05) is 36.4 Å². The van der Waals surface area contributed by atoms with E-state index in [-0.39, 0.29) is 11.8 Å². The van der Waals surface area contributed by atoms with Gasteiger partial charge in [0.25, 0.3) is 11.8 Å². The van der Waals surface area contributed by atoms with Crippen LogP contribution >= 0.6 is 0 Å². The van der Waals surface area contributed by atoms with Crippen LogP contribution in [0.1, 0.15) is 46.4 Å². The highest BCUT2D eigenvalue weighted by atomic mass is 16.5. The molecule has 2 amide bonds. The van der Waals surface area contributed by atoms with Gasteiger partial charge in [-0.2, -0.15) is 0 Å². The Kier molecular flexibility index (Phi) is 4.12. The van der Waals surface area contributed by atoms with Crippen molar-refractivity contribution in [2.75, 3.05) is 11.5 Å². The van der Waals surface area contributed by atoms with Crippen molar-refractivity contribution >= 4 is 28.3 Å². The largest absolute Gasteiger partial charge is 0.493 e. The third-order valence-electron chi connectivity index (χ3n) is 5.81. The van der Waals surface area contributed by atoms with Crippen LogP contribution in [0.25, 0.3) is 10.8 Å². The monoisotopic (exact) mass is 371 g/mol. The van der Waals surface area contributed by atoms with Crippen LogP contribution in [0.2, 0.25) is 0 Å². The van der Waals surface area contributed by atoms with Gasteiger partial charge < -0.3 is 4.74 Å². The molecule has 0 spiro atoms. The molecular weight excluding hydrogens is 350 g/mol. The predicted molar refractivity (Wildman–Crippen MR) is 109 cm³/mol. The van der Waals surface area contributed by atoms with Crippen LogP contribution < -0.4 is 9.64 Å². The first kappa shape index (κ1) is 17.0. The van der Waals surface area contributed by atoms with E-state index in [0.29, 0.717) is 35.1 Å². The maximum absolute atomic E-state index is 13.2. The fourth-order valence-corrected chi connectivity index (χ4v) is 4.37. The summed E-state index contributed by atoms with van der Waals surface area (Å²) < 4.78 is 5.97. The van der Waals surface area contributed by atoms with E-state index in [1.165, 1.54) is 30.6 Å². The Morgan fingerprint density at radius 3 is 2.18 bits per heavy atom. The number of benzene rings is 3. The Balaban J connectivity index is 1.49. The second kappa shape index (κ2) is 6.79. The number of hydrogen-bond donors (Lipinski definition) is 0. The molecule has 4 nitrogen and oxygen atoms in total. The Hall–Kier alpha value is -3.14. The van der Waals surface area contributed by atoms with Gasteiger partial charge in [0.2, 0.25) is 0 Å². The maximum Gasteiger partial charge on any atom is 0.265 e. The van der Waals surface area contributed by atoms with Crippen molar-refractivity contribution in [1.29, 1.82) is 0 Å². The molecule has 1 saturated carbocycles. The number of amides is 2. The molecule has 28 heavy (non-hydrogen) atoms. The number of imide groups is 1. The number of rotatable bonds is 4. The highest BCUT2D eigenvalue weighted by molar-refractivity contribution is 6.35. The lowest BCUT2D eigenvalue weighted by atomic mass is 9.94. The lowest BCUT2D eigenvalue weighted by Gasteiger charge is -2.27. The van der Waals surface area contributed by atoms with Gasteiger partial charge in [0.15, 0.2) is 0 Å². The van der Waals surface area contributed by atoms with E-state index >= 15 is 0 Å². The summed E-state index contributed by atoms with van der Waals surface area (Å²) in [6, 6.07) is 18.4. The van der Waals surface area contributed by atoms with Crippen LogP contribution in [0.3, 0.4) is 0 Å². The number of ether oxygens (including phenoxy) is 1. The molecule has 0 saturated heterocycles. The van der Waals surface area contributed by atoms with Gasteiger partial charge in [-0.05, 0) is 48.4 Å². The van der Waals surface area contributed by atoms with Crippen molar-refractivity contribution in [2.24, 2.45) is 5.92 Å². The van der Waals surface area contributed by atoms with Crippen LogP contribution in [-0.4, -0.2) is 18.4 Å². The van der Waals surface area contributed by atoms with Crippen LogP contribution in [-0.2, 0) is 0 Å². The van der Waals surface area contributed by atoms with Gasteiger partial charge in [-0.15, -0.1) is 0 Å². The number of carbonyl (C=O) groups excluding carboxylic acids is 2. The van der Waals surface area contributed by atoms with E-state index in [9.17, 15) is 9.59 Å². The molecular formula is C24H21NO3. The number of anilines is 1. The molecule has 3 aromatic carbocycles. The van der Waals surface area contributed by atoms with Crippen LogP contribution in [0.5, 0.6) is 5.75 Å². The molecule has 0 atom stereocenters. The normalized spacial score (nSPS) is 16.8. The van der Waals surface area contributed by atoms with Crippen LogP contribution in [0.4, 0.5) is 5.69 Å². The minimum atomic E-state index is -0.290. The first-order chi connectivity index (χ1) is 13.7. The molecule has 0 radical (unpaired) electrons. The Bertz CT molecular complexity index is 1030. The molecule has 0 N–H and O–H groups in total. The SMILES string of the molecule is O=C1c2cccc3cccc(c23)C(=O)N1c1cccc(OCC2CCCC2)c1. The number of hydrogen-bond acceptors (Lipinski definition) is 3. The summed E-state index contributed by atoms with van der Waals surface area (Å²) >= 11 is 0. The van der Waals surface area contributed by atoms with Crippen molar-refractivity contribution in [3.8, 4) is 5.75 Å². The average molecular weight is 371 g/mol. The molecule has 1 aliphatic heterocycles. The quantitative estimate of drug-likeness (QED) is 0.592. The minimum Gasteiger partial charge on any atom is -0.493 e.